The first-order valence-corrected chi connectivity index (χ1v) is 13.0. The predicted octanol–water partition coefficient (Wildman–Crippen LogP) is 5.46. The number of carboxylic acid groups (broad SMARTS) is 2. The molecule has 10 nitrogen and oxygen atoms in total. The Morgan fingerprint density at radius 1 is 1.00 bits per heavy atom. The molecule has 0 unspecified atom stereocenters. The van der Waals surface area contributed by atoms with Crippen molar-refractivity contribution < 1.29 is 56.1 Å². The van der Waals surface area contributed by atoms with E-state index in [4.69, 9.17) is 30.0 Å². The second kappa shape index (κ2) is 15.7. The van der Waals surface area contributed by atoms with Crippen molar-refractivity contribution >= 4 is 35.0 Å². The molecule has 0 radical (unpaired) electrons. The summed E-state index contributed by atoms with van der Waals surface area (Å²) in [5, 5.41) is 22.9. The van der Waals surface area contributed by atoms with Gasteiger partial charge in [0.15, 0.2) is 0 Å². The molecule has 1 saturated carbocycles. The van der Waals surface area contributed by atoms with E-state index in [-0.39, 0.29) is 5.41 Å². The molecule has 1 aliphatic carbocycles. The molecule has 1 aromatic heterocycles. The number of carbonyl (C=O) groups is 3. The number of aromatic nitrogens is 2. The monoisotopic (exact) mass is 626 g/mol. The smallest absolute Gasteiger partial charge is 0.475 e. The van der Waals surface area contributed by atoms with E-state index in [1.165, 1.54) is 44.0 Å². The third kappa shape index (κ3) is 13.0. The topological polar surface area (TPSA) is 145 Å². The molecule has 4 N–H and O–H groups in total. The Morgan fingerprint density at radius 3 is 1.95 bits per heavy atom. The minimum atomic E-state index is -5.08. The van der Waals surface area contributed by atoms with Gasteiger partial charge in [0.25, 0.3) is 5.91 Å². The van der Waals surface area contributed by atoms with Gasteiger partial charge in [0, 0.05) is 25.1 Å². The SMILES string of the molecule is CN(C)CC(C)(C)Cn1c(C2CCCCC2)nc2cc(/C=C/C(=O)NO)ccc21.O=C(O)C(F)(F)F.O=C(O)C(F)(F)F. The number of nitrogens with zero attached hydrogens (tertiary/aromatic N) is 3. The highest BCUT2D eigenvalue weighted by Crippen LogP contribution is 2.36. The van der Waals surface area contributed by atoms with Crippen molar-refractivity contribution in [1.29, 1.82) is 0 Å². The molecule has 1 amide bonds. The van der Waals surface area contributed by atoms with Crippen molar-refractivity contribution in [2.45, 2.75) is 70.8 Å². The standard InChI is InChI=1S/C23H34N4O2.2C2HF3O2/c1-23(2,15-26(3)4)16-27-20-12-10-17(11-13-21(28)25-29)14-19(20)24-22(27)18-8-6-5-7-9-18;2*3-2(4,5)1(6)7/h10-14,18,29H,5-9,15-16H2,1-4H3,(H,25,28);2*(H,6,7)/b13-11+;;. The number of alkyl halides is 6. The Labute approximate surface area is 243 Å². The largest absolute Gasteiger partial charge is 0.490 e. The number of hydrogen-bond donors (Lipinski definition) is 4. The first kappa shape index (κ1) is 37.4. The van der Waals surface area contributed by atoms with Crippen LogP contribution in [0.2, 0.25) is 0 Å². The van der Waals surface area contributed by atoms with E-state index >= 15 is 0 Å². The zero-order valence-corrected chi connectivity index (χ0v) is 24.1. The van der Waals surface area contributed by atoms with Crippen LogP contribution in [-0.4, -0.2) is 80.7 Å². The van der Waals surface area contributed by atoms with Crippen LogP contribution in [0.1, 0.15) is 63.3 Å². The Morgan fingerprint density at radius 2 is 1.51 bits per heavy atom. The van der Waals surface area contributed by atoms with E-state index < -0.39 is 30.2 Å². The lowest BCUT2D eigenvalue weighted by Crippen LogP contribution is -2.33. The molecular weight excluding hydrogens is 590 g/mol. The van der Waals surface area contributed by atoms with Gasteiger partial charge < -0.3 is 19.7 Å². The summed E-state index contributed by atoms with van der Waals surface area (Å²) in [7, 11) is 4.24. The Hall–Kier alpha value is -3.66. The fourth-order valence-electron chi connectivity index (χ4n) is 4.65. The van der Waals surface area contributed by atoms with Crippen molar-refractivity contribution in [1.82, 2.24) is 19.9 Å². The number of amides is 1. The van der Waals surface area contributed by atoms with Crippen LogP contribution >= 0.6 is 0 Å². The number of rotatable bonds is 7. The van der Waals surface area contributed by atoms with Crippen molar-refractivity contribution in [3.63, 3.8) is 0 Å². The van der Waals surface area contributed by atoms with Gasteiger partial charge in [-0.1, -0.05) is 39.2 Å². The van der Waals surface area contributed by atoms with Gasteiger partial charge in [-0.25, -0.2) is 20.1 Å². The molecule has 1 heterocycles. The molecule has 0 spiro atoms. The molecule has 0 aliphatic heterocycles. The molecule has 242 valence electrons. The summed E-state index contributed by atoms with van der Waals surface area (Å²) >= 11 is 0. The second-order valence-electron chi connectivity index (χ2n) is 11.0. The average Bonchev–Trinajstić information content (AvgIpc) is 3.23. The molecule has 1 fully saturated rings. The normalized spacial score (nSPS) is 14.6. The first-order valence-electron chi connectivity index (χ1n) is 13.0. The maximum Gasteiger partial charge on any atom is 0.490 e. The van der Waals surface area contributed by atoms with Crippen LogP contribution in [0, 0.1) is 5.41 Å². The molecule has 43 heavy (non-hydrogen) atoms. The lowest BCUT2D eigenvalue weighted by Gasteiger charge is -2.31. The quantitative estimate of drug-likeness (QED) is 0.137. The number of halogens is 6. The van der Waals surface area contributed by atoms with E-state index in [1.807, 2.05) is 12.1 Å². The highest BCUT2D eigenvalue weighted by atomic mass is 19.4. The zero-order valence-electron chi connectivity index (χ0n) is 24.1. The molecule has 3 rings (SSSR count). The number of carbonyl (C=O) groups excluding carboxylic acids is 1. The number of imidazole rings is 1. The first-order chi connectivity index (χ1) is 19.7. The van der Waals surface area contributed by atoms with Gasteiger partial charge in [-0.15, -0.1) is 0 Å². The van der Waals surface area contributed by atoms with E-state index in [9.17, 15) is 31.1 Å². The van der Waals surface area contributed by atoms with Crippen LogP contribution in [0.3, 0.4) is 0 Å². The van der Waals surface area contributed by atoms with Gasteiger partial charge in [0.2, 0.25) is 0 Å². The molecule has 0 saturated heterocycles. The van der Waals surface area contributed by atoms with Crippen molar-refractivity contribution in [3.05, 3.63) is 35.7 Å². The number of carboxylic acids is 2. The van der Waals surface area contributed by atoms with Gasteiger partial charge in [-0.3, -0.25) is 10.0 Å². The Bertz CT molecular complexity index is 1240. The van der Waals surface area contributed by atoms with Crippen LogP contribution in [0.15, 0.2) is 24.3 Å². The third-order valence-electron chi connectivity index (χ3n) is 6.12. The fourth-order valence-corrected chi connectivity index (χ4v) is 4.65. The summed E-state index contributed by atoms with van der Waals surface area (Å²) in [5.41, 5.74) is 4.76. The number of hydroxylamine groups is 1. The maximum absolute atomic E-state index is 11.3. The van der Waals surface area contributed by atoms with Crippen molar-refractivity contribution in [2.24, 2.45) is 5.41 Å². The van der Waals surface area contributed by atoms with E-state index in [0.717, 1.165) is 29.7 Å². The number of benzene rings is 1. The number of nitrogens with one attached hydrogen (secondary N) is 1. The van der Waals surface area contributed by atoms with Crippen LogP contribution in [-0.2, 0) is 20.9 Å². The lowest BCUT2D eigenvalue weighted by molar-refractivity contribution is -0.193. The predicted molar refractivity (Wildman–Crippen MR) is 144 cm³/mol. The number of aliphatic carboxylic acids is 2. The summed E-state index contributed by atoms with van der Waals surface area (Å²) in [6, 6.07) is 6.14. The van der Waals surface area contributed by atoms with Crippen LogP contribution in [0.5, 0.6) is 0 Å². The van der Waals surface area contributed by atoms with Crippen LogP contribution in [0.25, 0.3) is 17.1 Å². The fraction of sp³-hybridized carbons (Fsp3) is 0.556. The number of fused-ring (bicyclic) bond motifs is 1. The van der Waals surface area contributed by atoms with Crippen molar-refractivity contribution in [3.8, 4) is 0 Å². The van der Waals surface area contributed by atoms with Crippen molar-refractivity contribution in [2.75, 3.05) is 20.6 Å². The Balaban J connectivity index is 0.000000548. The summed E-state index contributed by atoms with van der Waals surface area (Å²) in [5.74, 6) is -4.32. The lowest BCUT2D eigenvalue weighted by atomic mass is 9.88. The minimum absolute atomic E-state index is 0.123. The molecule has 1 aliphatic rings. The molecule has 1 aromatic carbocycles. The summed E-state index contributed by atoms with van der Waals surface area (Å²) < 4.78 is 65.9. The van der Waals surface area contributed by atoms with Gasteiger partial charge in [-0.05, 0) is 56.1 Å². The highest BCUT2D eigenvalue weighted by molar-refractivity contribution is 5.91. The zero-order chi connectivity index (χ0) is 33.2. The molecule has 2 aromatic rings. The van der Waals surface area contributed by atoms with Gasteiger partial charge in [0.05, 0.1) is 11.0 Å². The number of hydrogen-bond acceptors (Lipinski definition) is 6. The second-order valence-corrected chi connectivity index (χ2v) is 11.0. The summed E-state index contributed by atoms with van der Waals surface area (Å²) in [6.07, 6.45) is -0.856. The van der Waals surface area contributed by atoms with E-state index in [2.05, 4.69) is 43.5 Å². The van der Waals surface area contributed by atoms with Gasteiger partial charge >= 0.3 is 24.3 Å². The Kier molecular flexibility index (Phi) is 13.6. The summed E-state index contributed by atoms with van der Waals surface area (Å²) in [4.78, 5) is 36.4. The van der Waals surface area contributed by atoms with E-state index in [1.54, 1.807) is 11.6 Å². The third-order valence-corrected chi connectivity index (χ3v) is 6.12. The molecule has 16 heteroatoms. The van der Waals surface area contributed by atoms with Crippen LogP contribution in [0.4, 0.5) is 26.3 Å². The molecule has 0 atom stereocenters. The highest BCUT2D eigenvalue weighted by Gasteiger charge is 2.39. The van der Waals surface area contributed by atoms with Gasteiger partial charge in [-0.2, -0.15) is 26.3 Å². The molecular formula is C27H36F6N4O6. The molecule has 0 bridgehead atoms. The average molecular weight is 627 g/mol. The summed E-state index contributed by atoms with van der Waals surface area (Å²) in [6.45, 7) is 6.56. The van der Waals surface area contributed by atoms with Crippen LogP contribution < -0.4 is 5.48 Å². The van der Waals surface area contributed by atoms with E-state index in [0.29, 0.717) is 5.92 Å². The van der Waals surface area contributed by atoms with Gasteiger partial charge in [0.1, 0.15) is 5.82 Å². The maximum atomic E-state index is 11.3. The minimum Gasteiger partial charge on any atom is -0.475 e.